The highest BCUT2D eigenvalue weighted by molar-refractivity contribution is 9.10. The van der Waals surface area contributed by atoms with Crippen LogP contribution in [0.1, 0.15) is 40.7 Å². The molecule has 28 heavy (non-hydrogen) atoms. The number of hydrogen-bond donors (Lipinski definition) is 0. The summed E-state index contributed by atoms with van der Waals surface area (Å²) in [5.74, 6) is -3.56. The van der Waals surface area contributed by atoms with Crippen LogP contribution in [0, 0.1) is 18.8 Å². The Kier molecular flexibility index (Phi) is 5.98. The van der Waals surface area contributed by atoms with E-state index in [1.807, 2.05) is 26.0 Å². The molecule has 146 valence electrons. The van der Waals surface area contributed by atoms with Gasteiger partial charge in [0, 0.05) is 27.4 Å². The van der Waals surface area contributed by atoms with Crippen molar-refractivity contribution in [3.05, 3.63) is 63.6 Å². The van der Waals surface area contributed by atoms with E-state index < -0.39 is 29.7 Å². The zero-order valence-corrected chi connectivity index (χ0v) is 17.5. The van der Waals surface area contributed by atoms with Gasteiger partial charge in [-0.05, 0) is 31.5 Å². The summed E-state index contributed by atoms with van der Waals surface area (Å²) in [6.45, 7) is 3.83. The van der Waals surface area contributed by atoms with E-state index >= 15 is 0 Å². The van der Waals surface area contributed by atoms with Crippen molar-refractivity contribution in [1.29, 1.82) is 0 Å². The smallest absolute Gasteiger partial charge is 0.326 e. The maximum Gasteiger partial charge on any atom is 0.326 e. The van der Waals surface area contributed by atoms with Gasteiger partial charge in [0.1, 0.15) is 5.75 Å². The highest BCUT2D eigenvalue weighted by atomic mass is 79.9. The van der Waals surface area contributed by atoms with Gasteiger partial charge in [0.05, 0.1) is 7.11 Å². The van der Waals surface area contributed by atoms with Gasteiger partial charge in [0.25, 0.3) is 0 Å². The molecule has 0 bridgehead atoms. The molecule has 0 radical (unpaired) electrons. The molecule has 6 heteroatoms. The first-order valence-corrected chi connectivity index (χ1v) is 9.86. The molecule has 0 fully saturated rings. The van der Waals surface area contributed by atoms with E-state index in [0.29, 0.717) is 23.3 Å². The van der Waals surface area contributed by atoms with E-state index in [1.54, 1.807) is 30.3 Å². The first-order chi connectivity index (χ1) is 13.4. The minimum Gasteiger partial charge on any atom is -0.468 e. The lowest BCUT2D eigenvalue weighted by Crippen LogP contribution is -2.42. The van der Waals surface area contributed by atoms with Crippen molar-refractivity contribution in [3.8, 4) is 5.75 Å². The van der Waals surface area contributed by atoms with Crippen molar-refractivity contribution in [2.24, 2.45) is 11.8 Å². The summed E-state index contributed by atoms with van der Waals surface area (Å²) in [5, 5.41) is 0. The third-order valence-electron chi connectivity index (χ3n) is 5.16. The van der Waals surface area contributed by atoms with E-state index in [0.717, 1.165) is 10.0 Å². The fourth-order valence-electron chi connectivity index (χ4n) is 3.72. The summed E-state index contributed by atoms with van der Waals surface area (Å²) >= 11 is 3.43. The predicted molar refractivity (Wildman–Crippen MR) is 107 cm³/mol. The molecule has 0 aliphatic carbocycles. The molecule has 1 heterocycles. The Morgan fingerprint density at radius 3 is 2.46 bits per heavy atom. The van der Waals surface area contributed by atoms with E-state index in [9.17, 15) is 14.4 Å². The van der Waals surface area contributed by atoms with Gasteiger partial charge >= 0.3 is 11.9 Å². The van der Waals surface area contributed by atoms with Crippen molar-refractivity contribution in [1.82, 2.24) is 0 Å². The van der Waals surface area contributed by atoms with Gasteiger partial charge in [-0.3, -0.25) is 14.4 Å². The van der Waals surface area contributed by atoms with Crippen molar-refractivity contribution in [2.75, 3.05) is 7.11 Å². The number of ketones is 1. The molecule has 1 aliphatic rings. The number of carbonyl (C=O) groups excluding carboxylic acids is 3. The second-order valence-corrected chi connectivity index (χ2v) is 7.79. The van der Waals surface area contributed by atoms with Gasteiger partial charge in [-0.2, -0.15) is 0 Å². The maximum absolute atomic E-state index is 13.3. The summed E-state index contributed by atoms with van der Waals surface area (Å²) in [4.78, 5) is 38.4. The number of carbonyl (C=O) groups is 3. The average molecular weight is 445 g/mol. The molecular weight excluding hydrogens is 424 g/mol. The zero-order valence-electron chi connectivity index (χ0n) is 15.9. The number of ether oxygens (including phenoxy) is 2. The monoisotopic (exact) mass is 444 g/mol. The first-order valence-electron chi connectivity index (χ1n) is 9.07. The van der Waals surface area contributed by atoms with Crippen molar-refractivity contribution in [3.63, 3.8) is 0 Å². The maximum atomic E-state index is 13.3. The molecule has 5 nitrogen and oxygen atoms in total. The lowest BCUT2D eigenvalue weighted by molar-refractivity contribution is -0.158. The third-order valence-corrected chi connectivity index (χ3v) is 5.65. The number of hydrogen-bond acceptors (Lipinski definition) is 5. The highest BCUT2D eigenvalue weighted by Crippen LogP contribution is 2.45. The molecule has 0 unspecified atom stereocenters. The van der Waals surface area contributed by atoms with Gasteiger partial charge in [0.15, 0.2) is 11.7 Å². The first kappa shape index (κ1) is 20.3. The molecule has 0 saturated carbocycles. The number of Topliss-reactive ketones (excluding diaryl/α,β-unsaturated/α-hetero) is 1. The lowest BCUT2D eigenvalue weighted by Gasteiger charge is -2.34. The molecule has 0 aromatic heterocycles. The highest BCUT2D eigenvalue weighted by Gasteiger charge is 2.48. The molecular formula is C22H21BrO5. The summed E-state index contributed by atoms with van der Waals surface area (Å²) in [7, 11) is 1.23. The molecule has 0 spiro atoms. The van der Waals surface area contributed by atoms with Crippen LogP contribution in [0.25, 0.3) is 0 Å². The van der Waals surface area contributed by atoms with Crippen molar-refractivity contribution < 1.29 is 23.9 Å². The second kappa shape index (κ2) is 8.27. The number of aryl methyl sites for hydroxylation is 1. The van der Waals surface area contributed by atoms with Crippen LogP contribution in [-0.4, -0.2) is 24.8 Å². The molecule has 2 aromatic rings. The minimum absolute atomic E-state index is 0.109. The summed E-state index contributed by atoms with van der Waals surface area (Å²) in [6.07, 6.45) is 0.462. The minimum atomic E-state index is -1.19. The standard InChI is InChI=1S/C22H21BrO5/c1-4-15(20(24)13-7-5-12(2)6-8-13)18-16-11-14(23)9-10-17(16)28-22(26)19(18)21(25)27-3/h5-11,15,18-19H,4H2,1-3H3/t15-,18+,19+/m0/s1. The number of rotatable bonds is 5. The fraction of sp³-hybridized carbons (Fsp3) is 0.318. The largest absolute Gasteiger partial charge is 0.468 e. The Labute approximate surface area is 172 Å². The average Bonchev–Trinajstić information content (AvgIpc) is 2.68. The van der Waals surface area contributed by atoms with E-state index in [4.69, 9.17) is 9.47 Å². The van der Waals surface area contributed by atoms with Crippen molar-refractivity contribution >= 4 is 33.7 Å². The molecule has 2 aromatic carbocycles. The van der Waals surface area contributed by atoms with Crippen LogP contribution in [0.5, 0.6) is 5.75 Å². The van der Waals surface area contributed by atoms with Crippen LogP contribution in [0.2, 0.25) is 0 Å². The molecule has 3 atom stereocenters. The normalized spacial score (nSPS) is 19.4. The van der Waals surface area contributed by atoms with Crippen LogP contribution in [0.4, 0.5) is 0 Å². The van der Waals surface area contributed by atoms with Gasteiger partial charge in [-0.15, -0.1) is 0 Å². The predicted octanol–water partition coefficient (Wildman–Crippen LogP) is 4.46. The SMILES string of the molecule is CC[C@H](C(=O)c1ccc(C)cc1)[C@@H]1c2cc(Br)ccc2OC(=O)[C@H]1C(=O)OC. The van der Waals surface area contributed by atoms with Crippen molar-refractivity contribution in [2.45, 2.75) is 26.2 Å². The summed E-state index contributed by atoms with van der Waals surface area (Å²) in [5.41, 5.74) is 2.25. The number of methoxy groups -OCH3 is 1. The number of halogens is 1. The summed E-state index contributed by atoms with van der Waals surface area (Å²) in [6, 6.07) is 12.5. The quantitative estimate of drug-likeness (QED) is 0.294. The zero-order chi connectivity index (χ0) is 20.4. The van der Waals surface area contributed by atoms with Gasteiger partial charge in [-0.25, -0.2) is 0 Å². The Balaban J connectivity index is 2.13. The van der Waals surface area contributed by atoms with Crippen LogP contribution in [0.3, 0.4) is 0 Å². The Morgan fingerprint density at radius 2 is 1.86 bits per heavy atom. The van der Waals surface area contributed by atoms with E-state index in [2.05, 4.69) is 15.9 Å². The lowest BCUT2D eigenvalue weighted by atomic mass is 9.71. The van der Waals surface area contributed by atoms with Crippen LogP contribution < -0.4 is 4.74 Å². The van der Waals surface area contributed by atoms with E-state index in [-0.39, 0.29) is 5.78 Å². The second-order valence-electron chi connectivity index (χ2n) is 6.87. The molecule has 0 amide bonds. The Morgan fingerprint density at radius 1 is 1.18 bits per heavy atom. The number of fused-ring (bicyclic) bond motifs is 1. The summed E-state index contributed by atoms with van der Waals surface area (Å²) < 4.78 is 11.0. The fourth-order valence-corrected chi connectivity index (χ4v) is 4.10. The van der Waals surface area contributed by atoms with Crippen LogP contribution >= 0.6 is 15.9 Å². The molecule has 0 N–H and O–H groups in total. The van der Waals surface area contributed by atoms with E-state index in [1.165, 1.54) is 7.11 Å². The molecule has 3 rings (SSSR count). The van der Waals surface area contributed by atoms with Gasteiger partial charge in [0.2, 0.25) is 0 Å². The molecule has 1 aliphatic heterocycles. The number of benzene rings is 2. The van der Waals surface area contributed by atoms with Crippen LogP contribution in [0.15, 0.2) is 46.9 Å². The third kappa shape index (κ3) is 3.74. The van der Waals surface area contributed by atoms with Gasteiger partial charge in [-0.1, -0.05) is 52.7 Å². The van der Waals surface area contributed by atoms with Gasteiger partial charge < -0.3 is 9.47 Å². The molecule has 0 saturated heterocycles. The van der Waals surface area contributed by atoms with Crippen LogP contribution in [-0.2, 0) is 14.3 Å². The Hall–Kier alpha value is -2.47. The Bertz CT molecular complexity index is 919. The number of esters is 2. The topological polar surface area (TPSA) is 69.7 Å².